The van der Waals surface area contributed by atoms with Gasteiger partial charge in [-0.3, -0.25) is 9.78 Å². The van der Waals surface area contributed by atoms with Gasteiger partial charge in [-0.1, -0.05) is 30.3 Å². The van der Waals surface area contributed by atoms with Gasteiger partial charge < -0.3 is 14.8 Å². The standard InChI is InChI=1S/C22H20N2O3/c25-22(23-13-14-5-3-10-19-21(14)27-12-11-26-19)20-15-6-1-2-8-17(15)24-18-9-4-7-16(18)20/h1-3,5-6,8,10H,4,7,9,11-13H2,(H,23,25). The minimum Gasteiger partial charge on any atom is -0.486 e. The number of rotatable bonds is 3. The highest BCUT2D eigenvalue weighted by Gasteiger charge is 2.24. The van der Waals surface area contributed by atoms with Crippen LogP contribution in [0.25, 0.3) is 10.9 Å². The molecule has 0 fully saturated rings. The van der Waals surface area contributed by atoms with E-state index in [4.69, 9.17) is 14.5 Å². The Morgan fingerprint density at radius 2 is 1.93 bits per heavy atom. The number of carbonyl (C=O) groups is 1. The van der Waals surface area contributed by atoms with Gasteiger partial charge in [-0.25, -0.2) is 0 Å². The lowest BCUT2D eigenvalue weighted by Crippen LogP contribution is -2.26. The van der Waals surface area contributed by atoms with Gasteiger partial charge in [-0.2, -0.15) is 0 Å². The fourth-order valence-electron chi connectivity index (χ4n) is 4.01. The van der Waals surface area contributed by atoms with E-state index in [9.17, 15) is 4.79 Å². The van der Waals surface area contributed by atoms with Crippen LogP contribution in [-0.4, -0.2) is 24.1 Å². The number of benzene rings is 2. The van der Waals surface area contributed by atoms with Crippen molar-refractivity contribution in [1.82, 2.24) is 10.3 Å². The lowest BCUT2D eigenvalue weighted by molar-refractivity contribution is 0.0950. The van der Waals surface area contributed by atoms with E-state index in [1.54, 1.807) is 0 Å². The number of ether oxygens (including phenoxy) is 2. The van der Waals surface area contributed by atoms with Gasteiger partial charge in [-0.05, 0) is 37.0 Å². The number of amides is 1. The maximum absolute atomic E-state index is 13.1. The lowest BCUT2D eigenvalue weighted by atomic mass is 10.0. The molecule has 2 aliphatic rings. The van der Waals surface area contributed by atoms with Crippen LogP contribution in [0.2, 0.25) is 0 Å². The number of carbonyl (C=O) groups excluding carboxylic acids is 1. The van der Waals surface area contributed by atoms with Crippen molar-refractivity contribution in [3.05, 3.63) is 64.8 Å². The van der Waals surface area contributed by atoms with Gasteiger partial charge in [0.1, 0.15) is 13.2 Å². The SMILES string of the molecule is O=C(NCc1cccc2c1OCCO2)c1c2c(nc3ccccc13)CCC2. The van der Waals surface area contributed by atoms with Gasteiger partial charge in [0.2, 0.25) is 0 Å². The number of aryl methyl sites for hydroxylation is 1. The first-order chi connectivity index (χ1) is 13.3. The van der Waals surface area contributed by atoms with Crippen molar-refractivity contribution in [3.8, 4) is 11.5 Å². The summed E-state index contributed by atoms with van der Waals surface area (Å²) in [6.45, 7) is 1.48. The second-order valence-corrected chi connectivity index (χ2v) is 6.91. The van der Waals surface area contributed by atoms with E-state index in [1.807, 2.05) is 42.5 Å². The number of para-hydroxylation sites is 2. The third-order valence-corrected chi connectivity index (χ3v) is 5.23. The third kappa shape index (κ3) is 2.79. The zero-order chi connectivity index (χ0) is 18.2. The van der Waals surface area contributed by atoms with Crippen molar-refractivity contribution >= 4 is 16.8 Å². The summed E-state index contributed by atoms with van der Waals surface area (Å²) in [7, 11) is 0. The Morgan fingerprint density at radius 1 is 1.04 bits per heavy atom. The number of pyridine rings is 1. The number of fused-ring (bicyclic) bond motifs is 3. The number of hydrogen-bond donors (Lipinski definition) is 1. The molecule has 1 amide bonds. The predicted molar refractivity (Wildman–Crippen MR) is 102 cm³/mol. The van der Waals surface area contributed by atoms with Gasteiger partial charge in [-0.15, -0.1) is 0 Å². The molecule has 0 saturated carbocycles. The Morgan fingerprint density at radius 3 is 2.89 bits per heavy atom. The summed E-state index contributed by atoms with van der Waals surface area (Å²) in [5.41, 5.74) is 4.75. The molecule has 1 aliphatic heterocycles. The van der Waals surface area contributed by atoms with Crippen molar-refractivity contribution in [1.29, 1.82) is 0 Å². The van der Waals surface area contributed by atoms with Gasteiger partial charge in [0.25, 0.3) is 5.91 Å². The number of hydrogen-bond acceptors (Lipinski definition) is 4. The van der Waals surface area contributed by atoms with Crippen molar-refractivity contribution < 1.29 is 14.3 Å². The smallest absolute Gasteiger partial charge is 0.252 e. The normalized spacial score (nSPS) is 14.8. The molecule has 2 heterocycles. The Labute approximate surface area is 157 Å². The summed E-state index contributed by atoms with van der Waals surface area (Å²) in [6, 6.07) is 13.7. The van der Waals surface area contributed by atoms with Crippen LogP contribution in [0.4, 0.5) is 0 Å². The topological polar surface area (TPSA) is 60.5 Å². The summed E-state index contributed by atoms with van der Waals surface area (Å²) in [4.78, 5) is 17.9. The van der Waals surface area contributed by atoms with Crippen LogP contribution in [0.5, 0.6) is 11.5 Å². The molecule has 0 radical (unpaired) electrons. The number of nitrogens with one attached hydrogen (secondary N) is 1. The van der Waals surface area contributed by atoms with Gasteiger partial charge in [0.05, 0.1) is 11.1 Å². The van der Waals surface area contributed by atoms with Crippen LogP contribution >= 0.6 is 0 Å². The largest absolute Gasteiger partial charge is 0.486 e. The average molecular weight is 360 g/mol. The lowest BCUT2D eigenvalue weighted by Gasteiger charge is -2.21. The van der Waals surface area contributed by atoms with Gasteiger partial charge >= 0.3 is 0 Å². The van der Waals surface area contributed by atoms with E-state index in [-0.39, 0.29) is 5.91 Å². The van der Waals surface area contributed by atoms with E-state index in [0.717, 1.165) is 64.0 Å². The molecule has 5 heteroatoms. The second kappa shape index (κ2) is 6.58. The molecular formula is C22H20N2O3. The van der Waals surface area contributed by atoms with Crippen molar-refractivity contribution in [2.24, 2.45) is 0 Å². The van der Waals surface area contributed by atoms with Crippen LogP contribution in [0.1, 0.15) is 33.6 Å². The summed E-state index contributed by atoms with van der Waals surface area (Å²) in [6.07, 6.45) is 2.90. The third-order valence-electron chi connectivity index (χ3n) is 5.23. The molecule has 1 aromatic heterocycles. The number of aromatic nitrogens is 1. The molecule has 1 N–H and O–H groups in total. The summed E-state index contributed by atoms with van der Waals surface area (Å²) in [5.74, 6) is 1.41. The fourth-order valence-corrected chi connectivity index (χ4v) is 4.01. The van der Waals surface area contributed by atoms with Crippen molar-refractivity contribution in [2.75, 3.05) is 13.2 Å². The molecule has 5 rings (SSSR count). The van der Waals surface area contributed by atoms with E-state index in [2.05, 4.69) is 5.32 Å². The maximum atomic E-state index is 13.1. The molecule has 5 nitrogen and oxygen atoms in total. The summed E-state index contributed by atoms with van der Waals surface area (Å²) < 4.78 is 11.4. The molecule has 136 valence electrons. The molecule has 0 bridgehead atoms. The first-order valence-corrected chi connectivity index (χ1v) is 9.37. The minimum absolute atomic E-state index is 0.0546. The molecule has 0 spiro atoms. The highest BCUT2D eigenvalue weighted by molar-refractivity contribution is 6.07. The molecular weight excluding hydrogens is 340 g/mol. The van der Waals surface area contributed by atoms with E-state index >= 15 is 0 Å². The first kappa shape index (κ1) is 16.1. The number of nitrogens with zero attached hydrogens (tertiary/aromatic N) is 1. The van der Waals surface area contributed by atoms with Crippen LogP contribution < -0.4 is 14.8 Å². The Hall–Kier alpha value is -3.08. The van der Waals surface area contributed by atoms with Crippen LogP contribution in [0.3, 0.4) is 0 Å². The zero-order valence-electron chi connectivity index (χ0n) is 15.0. The Balaban J connectivity index is 1.48. The van der Waals surface area contributed by atoms with Crippen LogP contribution in [-0.2, 0) is 19.4 Å². The van der Waals surface area contributed by atoms with E-state index in [1.165, 1.54) is 0 Å². The minimum atomic E-state index is -0.0546. The average Bonchev–Trinajstić information content (AvgIpc) is 3.18. The molecule has 0 saturated heterocycles. The first-order valence-electron chi connectivity index (χ1n) is 9.37. The second-order valence-electron chi connectivity index (χ2n) is 6.91. The van der Waals surface area contributed by atoms with Crippen molar-refractivity contribution in [3.63, 3.8) is 0 Å². The molecule has 0 unspecified atom stereocenters. The monoisotopic (exact) mass is 360 g/mol. The maximum Gasteiger partial charge on any atom is 0.252 e. The molecule has 1 aliphatic carbocycles. The quantitative estimate of drug-likeness (QED) is 0.777. The van der Waals surface area contributed by atoms with Crippen LogP contribution in [0.15, 0.2) is 42.5 Å². The highest BCUT2D eigenvalue weighted by Crippen LogP contribution is 2.34. The molecule has 3 aromatic rings. The molecule has 0 atom stereocenters. The Kier molecular flexibility index (Phi) is 3.93. The summed E-state index contributed by atoms with van der Waals surface area (Å²) in [5, 5.41) is 4.01. The zero-order valence-corrected chi connectivity index (χ0v) is 15.0. The highest BCUT2D eigenvalue weighted by atomic mass is 16.6. The summed E-state index contributed by atoms with van der Waals surface area (Å²) >= 11 is 0. The Bertz CT molecular complexity index is 1050. The van der Waals surface area contributed by atoms with E-state index < -0.39 is 0 Å². The van der Waals surface area contributed by atoms with Gasteiger partial charge in [0.15, 0.2) is 11.5 Å². The fraction of sp³-hybridized carbons (Fsp3) is 0.273. The van der Waals surface area contributed by atoms with Gasteiger partial charge in [0, 0.05) is 23.2 Å². The van der Waals surface area contributed by atoms with E-state index in [0.29, 0.717) is 19.8 Å². The van der Waals surface area contributed by atoms with Crippen molar-refractivity contribution in [2.45, 2.75) is 25.8 Å². The predicted octanol–water partition coefficient (Wildman–Crippen LogP) is 3.42. The molecule has 2 aromatic carbocycles. The van der Waals surface area contributed by atoms with Crippen LogP contribution in [0, 0.1) is 0 Å². The molecule has 27 heavy (non-hydrogen) atoms.